The van der Waals surface area contributed by atoms with Crippen molar-refractivity contribution in [2.24, 2.45) is 0 Å². The second-order valence-electron chi connectivity index (χ2n) is 19.6. The van der Waals surface area contributed by atoms with E-state index >= 15 is 0 Å². The molecule has 0 heterocycles. The molecule has 65 heavy (non-hydrogen) atoms. The van der Waals surface area contributed by atoms with E-state index in [1.165, 1.54) is 212 Å². The zero-order valence-corrected chi connectivity index (χ0v) is 43.8. The van der Waals surface area contributed by atoms with E-state index in [1.54, 1.807) is 0 Å². The van der Waals surface area contributed by atoms with Gasteiger partial charge in [-0.15, -0.1) is 0 Å². The molecule has 0 unspecified atom stereocenters. The van der Waals surface area contributed by atoms with Gasteiger partial charge >= 0.3 is 17.9 Å². The van der Waals surface area contributed by atoms with Gasteiger partial charge in [-0.25, -0.2) is 0 Å². The fourth-order valence-corrected chi connectivity index (χ4v) is 8.54. The van der Waals surface area contributed by atoms with Gasteiger partial charge in [-0.2, -0.15) is 0 Å². The SMILES string of the molecule is CCCC/C=C\CCCCCCCC(=O)OC[C@H](COC(=O)CCCCCCCCC/C=C\CCCCCCCCCC)OC(=O)CCCCCCCCCCCCCCCCCCC. The summed E-state index contributed by atoms with van der Waals surface area (Å²) in [5.41, 5.74) is 0. The zero-order valence-electron chi connectivity index (χ0n) is 43.8. The van der Waals surface area contributed by atoms with E-state index < -0.39 is 6.10 Å². The Hall–Kier alpha value is -2.11. The third kappa shape index (κ3) is 52.7. The summed E-state index contributed by atoms with van der Waals surface area (Å²) in [6.07, 6.45) is 63.1. The molecule has 0 spiro atoms. The number of hydrogen-bond donors (Lipinski definition) is 0. The quantitative estimate of drug-likeness (QED) is 0.0262. The first kappa shape index (κ1) is 62.9. The molecule has 0 amide bonds. The normalized spacial score (nSPS) is 12.1. The summed E-state index contributed by atoms with van der Waals surface area (Å²) >= 11 is 0. The van der Waals surface area contributed by atoms with Crippen LogP contribution in [0.4, 0.5) is 0 Å². The molecule has 0 N–H and O–H groups in total. The van der Waals surface area contributed by atoms with Crippen LogP contribution in [0.25, 0.3) is 0 Å². The van der Waals surface area contributed by atoms with Crippen LogP contribution in [0.15, 0.2) is 24.3 Å². The number of unbranched alkanes of at least 4 members (excludes halogenated alkanes) is 38. The first-order valence-corrected chi connectivity index (χ1v) is 28.8. The van der Waals surface area contributed by atoms with E-state index in [1.807, 2.05) is 0 Å². The maximum atomic E-state index is 12.8. The van der Waals surface area contributed by atoms with Crippen molar-refractivity contribution in [2.75, 3.05) is 13.2 Å². The number of carbonyl (C=O) groups excluding carboxylic acids is 3. The summed E-state index contributed by atoms with van der Waals surface area (Å²) in [5.74, 6) is -0.867. The fourth-order valence-electron chi connectivity index (χ4n) is 8.54. The molecule has 0 radical (unpaired) electrons. The Bertz CT molecular complexity index is 1050. The van der Waals surface area contributed by atoms with Crippen molar-refractivity contribution in [3.63, 3.8) is 0 Å². The van der Waals surface area contributed by atoms with Gasteiger partial charge in [0.2, 0.25) is 0 Å². The van der Waals surface area contributed by atoms with Crippen molar-refractivity contribution in [1.29, 1.82) is 0 Å². The molecule has 0 aromatic carbocycles. The molecule has 0 saturated heterocycles. The number of allylic oxidation sites excluding steroid dienone is 4. The maximum absolute atomic E-state index is 12.8. The molecular weight excluding hydrogens is 805 g/mol. The predicted octanol–water partition coefficient (Wildman–Crippen LogP) is 19.1. The highest BCUT2D eigenvalue weighted by Crippen LogP contribution is 2.17. The molecular formula is C59H110O6. The first-order chi connectivity index (χ1) is 32.0. The third-order valence-corrected chi connectivity index (χ3v) is 12.9. The van der Waals surface area contributed by atoms with Crippen molar-refractivity contribution in [3.8, 4) is 0 Å². The second-order valence-corrected chi connectivity index (χ2v) is 19.6. The van der Waals surface area contributed by atoms with E-state index in [-0.39, 0.29) is 31.1 Å². The average molecular weight is 916 g/mol. The first-order valence-electron chi connectivity index (χ1n) is 28.8. The Labute approximate surface area is 404 Å². The highest BCUT2D eigenvalue weighted by molar-refractivity contribution is 5.71. The van der Waals surface area contributed by atoms with Crippen LogP contribution in [0.5, 0.6) is 0 Å². The lowest BCUT2D eigenvalue weighted by molar-refractivity contribution is -0.167. The van der Waals surface area contributed by atoms with Gasteiger partial charge in [0.15, 0.2) is 6.10 Å². The largest absolute Gasteiger partial charge is 0.462 e. The summed E-state index contributed by atoms with van der Waals surface area (Å²) in [4.78, 5) is 38.1. The van der Waals surface area contributed by atoms with Crippen LogP contribution in [-0.4, -0.2) is 37.2 Å². The molecule has 382 valence electrons. The minimum absolute atomic E-state index is 0.0721. The molecule has 6 nitrogen and oxygen atoms in total. The van der Waals surface area contributed by atoms with Crippen molar-refractivity contribution in [1.82, 2.24) is 0 Å². The standard InChI is InChI=1S/C59H110O6/c1-4-7-10-13-16-19-22-24-26-28-29-31-32-34-37-40-43-46-49-52-58(61)64-55-56(54-63-57(60)51-48-45-42-39-36-21-18-15-12-9-6-3)65-59(62)53-50-47-44-41-38-35-33-30-27-25-23-20-17-14-11-8-5-2/h15,18,28-29,56H,4-14,16-17,19-27,30-55H2,1-3H3/b18-15-,29-28-/t56-/m1/s1. The van der Waals surface area contributed by atoms with Gasteiger partial charge in [-0.3, -0.25) is 14.4 Å². The topological polar surface area (TPSA) is 78.9 Å². The smallest absolute Gasteiger partial charge is 0.306 e. The number of carbonyl (C=O) groups is 3. The Kier molecular flexibility index (Phi) is 52.7. The number of ether oxygens (including phenoxy) is 3. The molecule has 0 bridgehead atoms. The van der Waals surface area contributed by atoms with Gasteiger partial charge in [0.1, 0.15) is 13.2 Å². The molecule has 1 atom stereocenters. The highest BCUT2D eigenvalue weighted by Gasteiger charge is 2.19. The van der Waals surface area contributed by atoms with E-state index in [0.29, 0.717) is 19.3 Å². The van der Waals surface area contributed by atoms with Crippen molar-refractivity contribution >= 4 is 17.9 Å². The van der Waals surface area contributed by atoms with Crippen LogP contribution in [0.3, 0.4) is 0 Å². The van der Waals surface area contributed by atoms with E-state index in [0.717, 1.165) is 64.2 Å². The van der Waals surface area contributed by atoms with Gasteiger partial charge < -0.3 is 14.2 Å². The Morgan fingerprint density at radius 3 is 0.815 bits per heavy atom. The summed E-state index contributed by atoms with van der Waals surface area (Å²) in [6.45, 7) is 6.64. The lowest BCUT2D eigenvalue weighted by Gasteiger charge is -2.18. The Morgan fingerprint density at radius 2 is 0.523 bits per heavy atom. The fraction of sp³-hybridized carbons (Fsp3) is 0.881. The van der Waals surface area contributed by atoms with Crippen molar-refractivity contribution in [2.45, 2.75) is 322 Å². The summed E-state index contributed by atoms with van der Waals surface area (Å²) < 4.78 is 16.9. The zero-order chi connectivity index (χ0) is 47.2. The Balaban J connectivity index is 4.29. The molecule has 0 aromatic heterocycles. The minimum Gasteiger partial charge on any atom is -0.462 e. The molecule has 0 aliphatic heterocycles. The number of hydrogen-bond acceptors (Lipinski definition) is 6. The van der Waals surface area contributed by atoms with Crippen LogP contribution < -0.4 is 0 Å². The van der Waals surface area contributed by atoms with Crippen LogP contribution in [0.1, 0.15) is 316 Å². The lowest BCUT2D eigenvalue weighted by Crippen LogP contribution is -2.30. The van der Waals surface area contributed by atoms with Crippen LogP contribution >= 0.6 is 0 Å². The monoisotopic (exact) mass is 915 g/mol. The second kappa shape index (κ2) is 54.5. The van der Waals surface area contributed by atoms with Gasteiger partial charge in [0, 0.05) is 19.3 Å². The van der Waals surface area contributed by atoms with Gasteiger partial charge in [-0.1, -0.05) is 257 Å². The van der Waals surface area contributed by atoms with E-state index in [2.05, 4.69) is 45.1 Å². The minimum atomic E-state index is -0.772. The van der Waals surface area contributed by atoms with Gasteiger partial charge in [-0.05, 0) is 64.2 Å². The molecule has 0 aliphatic rings. The summed E-state index contributed by atoms with van der Waals surface area (Å²) in [5, 5.41) is 0. The summed E-state index contributed by atoms with van der Waals surface area (Å²) in [6, 6.07) is 0. The summed E-state index contributed by atoms with van der Waals surface area (Å²) in [7, 11) is 0. The maximum Gasteiger partial charge on any atom is 0.306 e. The number of esters is 3. The predicted molar refractivity (Wildman–Crippen MR) is 279 cm³/mol. The van der Waals surface area contributed by atoms with Crippen LogP contribution in [0.2, 0.25) is 0 Å². The van der Waals surface area contributed by atoms with Crippen molar-refractivity contribution < 1.29 is 28.6 Å². The average Bonchev–Trinajstić information content (AvgIpc) is 3.30. The molecule has 0 aromatic rings. The van der Waals surface area contributed by atoms with Crippen molar-refractivity contribution in [3.05, 3.63) is 24.3 Å². The molecule has 0 saturated carbocycles. The highest BCUT2D eigenvalue weighted by atomic mass is 16.6. The van der Waals surface area contributed by atoms with Crippen LogP contribution in [0, 0.1) is 0 Å². The van der Waals surface area contributed by atoms with E-state index in [4.69, 9.17) is 14.2 Å². The number of rotatable bonds is 53. The molecule has 0 fully saturated rings. The molecule has 0 aliphatic carbocycles. The van der Waals surface area contributed by atoms with E-state index in [9.17, 15) is 14.4 Å². The molecule has 6 heteroatoms. The Morgan fingerprint density at radius 1 is 0.292 bits per heavy atom. The van der Waals surface area contributed by atoms with Gasteiger partial charge in [0.05, 0.1) is 0 Å². The van der Waals surface area contributed by atoms with Crippen LogP contribution in [-0.2, 0) is 28.6 Å². The molecule has 0 rings (SSSR count). The lowest BCUT2D eigenvalue weighted by atomic mass is 10.0. The van der Waals surface area contributed by atoms with Gasteiger partial charge in [0.25, 0.3) is 0 Å². The third-order valence-electron chi connectivity index (χ3n) is 12.9.